The molecule has 2 amide bonds. The summed E-state index contributed by atoms with van der Waals surface area (Å²) in [7, 11) is 0. The van der Waals surface area contributed by atoms with Crippen LogP contribution in [0.2, 0.25) is 0 Å². The fourth-order valence-corrected chi connectivity index (χ4v) is 2.43. The summed E-state index contributed by atoms with van der Waals surface area (Å²) in [4.78, 5) is 25.5. The SMILES string of the molecule is CCC[C@@H](C(=O)N1C(=O)OCC1C(C)C)[C@H](O)CC. The van der Waals surface area contributed by atoms with E-state index in [1.807, 2.05) is 27.7 Å². The van der Waals surface area contributed by atoms with E-state index in [0.29, 0.717) is 12.8 Å². The Balaban J connectivity index is 2.90. The van der Waals surface area contributed by atoms with Gasteiger partial charge in [-0.2, -0.15) is 0 Å². The highest BCUT2D eigenvalue weighted by atomic mass is 16.6. The molecule has 1 aliphatic heterocycles. The first-order valence-corrected chi connectivity index (χ1v) is 7.11. The second kappa shape index (κ2) is 6.89. The van der Waals surface area contributed by atoms with Crippen molar-refractivity contribution in [3.05, 3.63) is 0 Å². The first-order valence-electron chi connectivity index (χ1n) is 7.11. The highest BCUT2D eigenvalue weighted by Gasteiger charge is 2.43. The van der Waals surface area contributed by atoms with Crippen LogP contribution >= 0.6 is 0 Å². The van der Waals surface area contributed by atoms with Crippen LogP contribution in [0.25, 0.3) is 0 Å². The summed E-state index contributed by atoms with van der Waals surface area (Å²) in [6.07, 6.45) is 0.610. The molecule has 110 valence electrons. The van der Waals surface area contributed by atoms with Crippen molar-refractivity contribution in [1.29, 1.82) is 0 Å². The average Bonchev–Trinajstić information content (AvgIpc) is 2.76. The number of aliphatic hydroxyl groups is 1. The number of carbonyl (C=O) groups excluding carboxylic acids is 2. The summed E-state index contributed by atoms with van der Waals surface area (Å²) in [6, 6.07) is -0.219. The molecule has 1 aliphatic rings. The van der Waals surface area contributed by atoms with Crippen LogP contribution in [0.5, 0.6) is 0 Å². The van der Waals surface area contributed by atoms with E-state index >= 15 is 0 Å². The minimum absolute atomic E-state index is 0.149. The first-order chi connectivity index (χ1) is 8.93. The van der Waals surface area contributed by atoms with E-state index in [4.69, 9.17) is 4.74 Å². The van der Waals surface area contributed by atoms with E-state index in [1.54, 1.807) is 0 Å². The minimum atomic E-state index is -0.700. The van der Waals surface area contributed by atoms with Crippen LogP contribution in [0.1, 0.15) is 47.0 Å². The van der Waals surface area contributed by atoms with Crippen molar-refractivity contribution in [2.75, 3.05) is 6.61 Å². The molecule has 1 N–H and O–H groups in total. The Morgan fingerprint density at radius 1 is 1.47 bits per heavy atom. The molecule has 1 fully saturated rings. The highest BCUT2D eigenvalue weighted by molar-refractivity contribution is 5.95. The molecule has 1 heterocycles. The van der Waals surface area contributed by atoms with Crippen molar-refractivity contribution in [2.24, 2.45) is 11.8 Å². The van der Waals surface area contributed by atoms with Crippen molar-refractivity contribution < 1.29 is 19.4 Å². The summed E-state index contributed by atoms with van der Waals surface area (Å²) in [5.41, 5.74) is 0. The Kier molecular flexibility index (Phi) is 5.79. The number of aliphatic hydroxyl groups excluding tert-OH is 1. The molecule has 1 unspecified atom stereocenters. The second-order valence-corrected chi connectivity index (χ2v) is 5.47. The van der Waals surface area contributed by atoms with Crippen molar-refractivity contribution in [3.63, 3.8) is 0 Å². The van der Waals surface area contributed by atoms with Gasteiger partial charge >= 0.3 is 6.09 Å². The zero-order valence-corrected chi connectivity index (χ0v) is 12.3. The zero-order valence-electron chi connectivity index (χ0n) is 12.3. The number of rotatable bonds is 6. The van der Waals surface area contributed by atoms with E-state index in [0.717, 1.165) is 6.42 Å². The number of hydrogen-bond donors (Lipinski definition) is 1. The summed E-state index contributed by atoms with van der Waals surface area (Å²) in [5.74, 6) is -0.657. The molecule has 0 aromatic heterocycles. The van der Waals surface area contributed by atoms with Crippen molar-refractivity contribution in [3.8, 4) is 0 Å². The summed E-state index contributed by atoms with van der Waals surface area (Å²) >= 11 is 0. The summed E-state index contributed by atoms with van der Waals surface area (Å²) in [6.45, 7) is 7.97. The Morgan fingerprint density at radius 2 is 2.11 bits per heavy atom. The highest BCUT2D eigenvalue weighted by Crippen LogP contribution is 2.25. The molecule has 0 aromatic carbocycles. The molecule has 19 heavy (non-hydrogen) atoms. The van der Waals surface area contributed by atoms with E-state index in [9.17, 15) is 14.7 Å². The molecule has 5 nitrogen and oxygen atoms in total. The van der Waals surface area contributed by atoms with Gasteiger partial charge in [-0.05, 0) is 18.8 Å². The topological polar surface area (TPSA) is 66.8 Å². The van der Waals surface area contributed by atoms with Crippen LogP contribution in [0.15, 0.2) is 0 Å². The van der Waals surface area contributed by atoms with Crippen LogP contribution in [0, 0.1) is 11.8 Å². The smallest absolute Gasteiger partial charge is 0.416 e. The van der Waals surface area contributed by atoms with Gasteiger partial charge in [0.15, 0.2) is 0 Å². The quantitative estimate of drug-likeness (QED) is 0.804. The third kappa shape index (κ3) is 3.47. The van der Waals surface area contributed by atoms with Crippen LogP contribution in [0.4, 0.5) is 4.79 Å². The normalized spacial score (nSPS) is 22.5. The van der Waals surface area contributed by atoms with Gasteiger partial charge in [0.1, 0.15) is 6.61 Å². The molecule has 1 rings (SSSR count). The molecule has 0 spiro atoms. The number of carbonyl (C=O) groups is 2. The predicted octanol–water partition coefficient (Wildman–Crippen LogP) is 2.18. The van der Waals surface area contributed by atoms with Crippen molar-refractivity contribution in [1.82, 2.24) is 4.90 Å². The zero-order chi connectivity index (χ0) is 14.6. The first kappa shape index (κ1) is 16.0. The molecule has 5 heteroatoms. The third-order valence-corrected chi connectivity index (χ3v) is 3.71. The lowest BCUT2D eigenvalue weighted by Gasteiger charge is -2.28. The van der Waals surface area contributed by atoms with E-state index in [1.165, 1.54) is 4.90 Å². The van der Waals surface area contributed by atoms with Crippen LogP contribution in [-0.2, 0) is 9.53 Å². The standard InChI is InChI=1S/C14H25NO4/c1-5-7-10(12(16)6-2)13(17)15-11(9(3)4)8-19-14(15)18/h9-12,16H,5-8H2,1-4H3/t10-,11?,12-/m1/s1. The maximum absolute atomic E-state index is 12.5. The van der Waals surface area contributed by atoms with Gasteiger partial charge in [0.25, 0.3) is 0 Å². The number of hydrogen-bond acceptors (Lipinski definition) is 4. The number of cyclic esters (lactones) is 1. The van der Waals surface area contributed by atoms with Crippen molar-refractivity contribution in [2.45, 2.75) is 59.1 Å². The fourth-order valence-electron chi connectivity index (χ4n) is 2.43. The molecule has 0 radical (unpaired) electrons. The monoisotopic (exact) mass is 271 g/mol. The largest absolute Gasteiger partial charge is 0.447 e. The van der Waals surface area contributed by atoms with Crippen LogP contribution in [-0.4, -0.2) is 40.8 Å². The Labute approximate surface area is 114 Å². The van der Waals surface area contributed by atoms with E-state index in [-0.39, 0.29) is 24.5 Å². The van der Waals surface area contributed by atoms with Gasteiger partial charge in [0, 0.05) is 0 Å². The molecular formula is C14H25NO4. The van der Waals surface area contributed by atoms with Gasteiger partial charge in [0.05, 0.1) is 18.1 Å². The Morgan fingerprint density at radius 3 is 2.58 bits per heavy atom. The molecule has 0 bridgehead atoms. The molecular weight excluding hydrogens is 246 g/mol. The van der Waals surface area contributed by atoms with Crippen molar-refractivity contribution >= 4 is 12.0 Å². The Hall–Kier alpha value is -1.10. The summed E-state index contributed by atoms with van der Waals surface area (Å²) < 4.78 is 4.99. The van der Waals surface area contributed by atoms with Gasteiger partial charge in [-0.25, -0.2) is 9.69 Å². The lowest BCUT2D eigenvalue weighted by Crippen LogP contribution is -2.47. The molecule has 0 aromatic rings. The Bertz CT molecular complexity index is 329. The lowest BCUT2D eigenvalue weighted by molar-refractivity contribution is -0.138. The van der Waals surface area contributed by atoms with E-state index in [2.05, 4.69) is 0 Å². The molecule has 3 atom stereocenters. The number of amides is 2. The van der Waals surface area contributed by atoms with Gasteiger partial charge in [-0.3, -0.25) is 4.79 Å². The van der Waals surface area contributed by atoms with Crippen LogP contribution < -0.4 is 0 Å². The third-order valence-electron chi connectivity index (χ3n) is 3.71. The van der Waals surface area contributed by atoms with Gasteiger partial charge in [-0.15, -0.1) is 0 Å². The minimum Gasteiger partial charge on any atom is -0.447 e. The molecule has 0 aliphatic carbocycles. The van der Waals surface area contributed by atoms with Gasteiger partial charge in [-0.1, -0.05) is 34.1 Å². The van der Waals surface area contributed by atoms with Gasteiger partial charge < -0.3 is 9.84 Å². The predicted molar refractivity (Wildman–Crippen MR) is 71.5 cm³/mol. The number of ether oxygens (including phenoxy) is 1. The maximum Gasteiger partial charge on any atom is 0.416 e. The summed E-state index contributed by atoms with van der Waals surface area (Å²) in [5, 5.41) is 9.99. The number of nitrogens with zero attached hydrogens (tertiary/aromatic N) is 1. The maximum atomic E-state index is 12.5. The van der Waals surface area contributed by atoms with Crippen LogP contribution in [0.3, 0.4) is 0 Å². The lowest BCUT2D eigenvalue weighted by atomic mass is 9.92. The fraction of sp³-hybridized carbons (Fsp3) is 0.857. The second-order valence-electron chi connectivity index (χ2n) is 5.47. The average molecular weight is 271 g/mol. The molecule has 0 saturated carbocycles. The van der Waals surface area contributed by atoms with E-state index < -0.39 is 18.1 Å². The number of imide groups is 1. The molecule has 1 saturated heterocycles. The van der Waals surface area contributed by atoms with Gasteiger partial charge in [0.2, 0.25) is 5.91 Å².